The number of nitrogens with one attached hydrogen (secondary N) is 3. The van der Waals surface area contributed by atoms with Crippen LogP contribution < -0.4 is 16.0 Å². The number of fused-ring (bicyclic) bond motifs is 1. The van der Waals surface area contributed by atoms with Crippen molar-refractivity contribution in [2.75, 3.05) is 26.7 Å². The number of aromatic nitrogens is 2. The first kappa shape index (κ1) is 24.0. The number of nitrogens with zero attached hydrogens (tertiary/aromatic N) is 3. The maximum absolute atomic E-state index is 11.6. The van der Waals surface area contributed by atoms with Crippen molar-refractivity contribution in [2.45, 2.75) is 39.7 Å². The fourth-order valence-corrected chi connectivity index (χ4v) is 2.51. The summed E-state index contributed by atoms with van der Waals surface area (Å²) in [6.07, 6.45) is 4.42. The molecule has 0 radical (unpaired) electrons. The molecule has 2 aromatic rings. The number of guanidine groups is 1. The highest BCUT2D eigenvalue weighted by atomic mass is 127. The summed E-state index contributed by atoms with van der Waals surface area (Å²) < 4.78 is 7.23. The molecular weight excluding hydrogens is 471 g/mol. The van der Waals surface area contributed by atoms with E-state index in [-0.39, 0.29) is 24.0 Å². The van der Waals surface area contributed by atoms with E-state index < -0.39 is 11.7 Å². The summed E-state index contributed by atoms with van der Waals surface area (Å²) in [7, 11) is 1.71. The predicted molar refractivity (Wildman–Crippen MR) is 123 cm³/mol. The Morgan fingerprint density at radius 2 is 1.89 bits per heavy atom. The largest absolute Gasteiger partial charge is 0.444 e. The van der Waals surface area contributed by atoms with Gasteiger partial charge in [0.05, 0.1) is 5.69 Å². The normalized spacial score (nSPS) is 11.7. The van der Waals surface area contributed by atoms with Gasteiger partial charge in [-0.3, -0.25) is 4.99 Å². The predicted octanol–water partition coefficient (Wildman–Crippen LogP) is 2.49. The molecule has 0 bridgehead atoms. The van der Waals surface area contributed by atoms with Gasteiger partial charge in [-0.15, -0.1) is 24.0 Å². The lowest BCUT2D eigenvalue weighted by atomic mass is 10.2. The third-order valence-electron chi connectivity index (χ3n) is 3.71. The van der Waals surface area contributed by atoms with E-state index >= 15 is 0 Å². The highest BCUT2D eigenvalue weighted by molar-refractivity contribution is 14.0. The lowest BCUT2D eigenvalue weighted by Gasteiger charge is -2.19. The Labute approximate surface area is 183 Å². The number of halogens is 1. The molecular formula is C19H31IN6O2. The standard InChI is InChI=1S/C19H30N6O2.HI/c1-14-7-6-12-25-13-15(24-16(14)25)8-9-21-17(20-5)22-10-11-23-18(26)27-19(2,3)4;/h6-7,12-13H,8-11H2,1-5H3,(H,23,26)(H2,20,21,22);1H. The highest BCUT2D eigenvalue weighted by Crippen LogP contribution is 2.10. The topological polar surface area (TPSA) is 92.0 Å². The van der Waals surface area contributed by atoms with Crippen LogP contribution in [0.2, 0.25) is 0 Å². The number of pyridine rings is 1. The lowest BCUT2D eigenvalue weighted by Crippen LogP contribution is -2.43. The maximum Gasteiger partial charge on any atom is 0.407 e. The average Bonchev–Trinajstić information content (AvgIpc) is 3.00. The van der Waals surface area contributed by atoms with Gasteiger partial charge in [0.15, 0.2) is 5.96 Å². The van der Waals surface area contributed by atoms with Gasteiger partial charge in [-0.1, -0.05) is 6.07 Å². The molecule has 0 saturated carbocycles. The van der Waals surface area contributed by atoms with E-state index in [1.165, 1.54) is 0 Å². The van der Waals surface area contributed by atoms with Crippen LogP contribution in [0.3, 0.4) is 0 Å². The molecule has 9 heteroatoms. The zero-order valence-corrected chi connectivity index (χ0v) is 19.5. The smallest absolute Gasteiger partial charge is 0.407 e. The maximum atomic E-state index is 11.6. The van der Waals surface area contributed by atoms with Gasteiger partial charge in [0, 0.05) is 45.5 Å². The molecule has 1 amide bonds. The fraction of sp³-hybridized carbons (Fsp3) is 0.526. The van der Waals surface area contributed by atoms with Crippen molar-refractivity contribution in [3.8, 4) is 0 Å². The Bertz CT molecular complexity index is 797. The van der Waals surface area contributed by atoms with Crippen LogP contribution in [-0.4, -0.2) is 53.7 Å². The number of ether oxygens (including phenoxy) is 1. The van der Waals surface area contributed by atoms with Crippen LogP contribution in [0.1, 0.15) is 32.0 Å². The summed E-state index contributed by atoms with van der Waals surface area (Å²) in [5, 5.41) is 9.10. The number of carbonyl (C=O) groups excluding carboxylic acids is 1. The third kappa shape index (κ3) is 7.91. The van der Waals surface area contributed by atoms with Crippen molar-refractivity contribution in [1.82, 2.24) is 25.3 Å². The number of alkyl carbamates (subject to hydrolysis) is 1. The Hall–Kier alpha value is -2.04. The monoisotopic (exact) mass is 502 g/mol. The molecule has 0 aliphatic rings. The lowest BCUT2D eigenvalue weighted by molar-refractivity contribution is 0.0529. The summed E-state index contributed by atoms with van der Waals surface area (Å²) in [5.74, 6) is 0.681. The Balaban J connectivity index is 0.00000392. The Kier molecular flexibility index (Phi) is 9.50. The number of rotatable bonds is 6. The minimum atomic E-state index is -0.494. The van der Waals surface area contributed by atoms with Crippen LogP contribution >= 0.6 is 24.0 Å². The number of aryl methyl sites for hydroxylation is 1. The molecule has 28 heavy (non-hydrogen) atoms. The number of aliphatic imine (C=N–C) groups is 1. The van der Waals surface area contributed by atoms with Crippen molar-refractivity contribution >= 4 is 41.7 Å². The zero-order valence-electron chi connectivity index (χ0n) is 17.2. The van der Waals surface area contributed by atoms with Gasteiger partial charge in [-0.05, 0) is 39.3 Å². The number of imidazole rings is 1. The van der Waals surface area contributed by atoms with Crippen molar-refractivity contribution in [2.24, 2.45) is 4.99 Å². The molecule has 0 unspecified atom stereocenters. The van der Waals surface area contributed by atoms with Gasteiger partial charge in [-0.2, -0.15) is 0 Å². The van der Waals surface area contributed by atoms with Gasteiger partial charge in [0.25, 0.3) is 0 Å². The quantitative estimate of drug-likeness (QED) is 0.245. The Morgan fingerprint density at radius 1 is 1.21 bits per heavy atom. The van der Waals surface area contributed by atoms with Gasteiger partial charge in [0.1, 0.15) is 11.2 Å². The van der Waals surface area contributed by atoms with Crippen LogP contribution in [0.15, 0.2) is 29.5 Å². The second kappa shape index (κ2) is 11.1. The minimum Gasteiger partial charge on any atom is -0.444 e. The molecule has 0 saturated heterocycles. The van der Waals surface area contributed by atoms with E-state index in [9.17, 15) is 4.79 Å². The molecule has 0 aromatic carbocycles. The van der Waals surface area contributed by atoms with E-state index in [4.69, 9.17) is 4.74 Å². The van der Waals surface area contributed by atoms with Crippen molar-refractivity contribution in [3.63, 3.8) is 0 Å². The molecule has 0 aliphatic carbocycles. The molecule has 3 N–H and O–H groups in total. The Morgan fingerprint density at radius 3 is 2.54 bits per heavy atom. The number of hydrogen-bond acceptors (Lipinski definition) is 4. The van der Waals surface area contributed by atoms with Gasteiger partial charge in [-0.25, -0.2) is 9.78 Å². The van der Waals surface area contributed by atoms with E-state index in [1.54, 1.807) is 7.05 Å². The molecule has 2 heterocycles. The second-order valence-corrected chi connectivity index (χ2v) is 7.26. The van der Waals surface area contributed by atoms with E-state index in [1.807, 2.05) is 43.6 Å². The highest BCUT2D eigenvalue weighted by Gasteiger charge is 2.15. The van der Waals surface area contributed by atoms with E-state index in [2.05, 4.69) is 38.9 Å². The van der Waals surface area contributed by atoms with Crippen molar-refractivity contribution in [3.05, 3.63) is 35.8 Å². The first-order valence-corrected chi connectivity index (χ1v) is 9.13. The molecule has 0 atom stereocenters. The summed E-state index contributed by atoms with van der Waals surface area (Å²) >= 11 is 0. The van der Waals surface area contributed by atoms with Gasteiger partial charge < -0.3 is 25.1 Å². The number of carbonyl (C=O) groups is 1. The van der Waals surface area contributed by atoms with Crippen molar-refractivity contribution < 1.29 is 9.53 Å². The van der Waals surface area contributed by atoms with Gasteiger partial charge in [0.2, 0.25) is 0 Å². The SMILES string of the molecule is CN=C(NCCNC(=O)OC(C)(C)C)NCCc1cn2cccc(C)c2n1.I. The third-order valence-corrected chi connectivity index (χ3v) is 3.71. The van der Waals surface area contributed by atoms with Crippen LogP contribution in [0.5, 0.6) is 0 Å². The molecule has 2 rings (SSSR count). The molecule has 0 aliphatic heterocycles. The van der Waals surface area contributed by atoms with Crippen LogP contribution in [-0.2, 0) is 11.2 Å². The fourth-order valence-electron chi connectivity index (χ4n) is 2.51. The molecule has 156 valence electrons. The summed E-state index contributed by atoms with van der Waals surface area (Å²) in [4.78, 5) is 20.4. The van der Waals surface area contributed by atoms with Crippen LogP contribution in [0, 0.1) is 6.92 Å². The van der Waals surface area contributed by atoms with Crippen LogP contribution in [0.4, 0.5) is 4.79 Å². The average molecular weight is 502 g/mol. The molecule has 0 fully saturated rings. The zero-order chi connectivity index (χ0) is 19.9. The van der Waals surface area contributed by atoms with Gasteiger partial charge >= 0.3 is 6.09 Å². The van der Waals surface area contributed by atoms with E-state index in [0.717, 1.165) is 23.3 Å². The first-order chi connectivity index (χ1) is 12.8. The summed E-state index contributed by atoms with van der Waals surface area (Å²) in [5.41, 5.74) is 2.68. The number of amides is 1. The molecule has 0 spiro atoms. The minimum absolute atomic E-state index is 0. The first-order valence-electron chi connectivity index (χ1n) is 9.13. The molecule has 8 nitrogen and oxygen atoms in total. The van der Waals surface area contributed by atoms with Crippen molar-refractivity contribution in [1.29, 1.82) is 0 Å². The second-order valence-electron chi connectivity index (χ2n) is 7.26. The summed E-state index contributed by atoms with van der Waals surface area (Å²) in [6, 6.07) is 4.07. The number of hydrogen-bond donors (Lipinski definition) is 3. The van der Waals surface area contributed by atoms with Crippen LogP contribution in [0.25, 0.3) is 5.65 Å². The van der Waals surface area contributed by atoms with E-state index in [0.29, 0.717) is 25.6 Å². The summed E-state index contributed by atoms with van der Waals surface area (Å²) in [6.45, 7) is 9.26. The molecule has 2 aromatic heterocycles.